The lowest BCUT2D eigenvalue weighted by Gasteiger charge is -2.05. The van der Waals surface area contributed by atoms with Crippen LogP contribution >= 0.6 is 27.3 Å². The van der Waals surface area contributed by atoms with Crippen LogP contribution in [0.2, 0.25) is 0 Å². The van der Waals surface area contributed by atoms with Crippen molar-refractivity contribution < 1.29 is 37.7 Å². The second kappa shape index (κ2) is 11.9. The molecule has 0 aliphatic heterocycles. The zero-order valence-corrected chi connectivity index (χ0v) is 21.1. The van der Waals surface area contributed by atoms with Crippen molar-refractivity contribution in [1.82, 2.24) is 0 Å². The average Bonchev–Trinajstić information content (AvgIpc) is 3.13. The summed E-state index contributed by atoms with van der Waals surface area (Å²) in [6.45, 7) is 1.46. The molecule has 7 nitrogen and oxygen atoms in total. The summed E-state index contributed by atoms with van der Waals surface area (Å²) in [5.74, 6) is -4.11. The molecule has 0 aliphatic rings. The minimum atomic E-state index is -1.06. The Labute approximate surface area is 216 Å². The standard InChI is InChI=1S/C25H19BrF2O7S/c1-13(9-20-16(26)12-22(36-20)34-15-7-8-17(27)18(28)10-15)24(32)23-19(29)11-14(35-25(23)33)5-3-2-4-6-21(30)31/h4,6-12,29H,2-3,5H2,1H3,(H,30,31)/b6-4+,13-9+. The zero-order chi connectivity index (χ0) is 26.4. The Hall–Kier alpha value is -3.57. The van der Waals surface area contributed by atoms with Gasteiger partial charge in [0.1, 0.15) is 22.8 Å². The molecule has 3 rings (SSSR count). The smallest absolute Gasteiger partial charge is 0.351 e. The van der Waals surface area contributed by atoms with Crippen molar-refractivity contribution in [2.75, 3.05) is 0 Å². The molecule has 0 amide bonds. The highest BCUT2D eigenvalue weighted by Crippen LogP contribution is 2.38. The van der Waals surface area contributed by atoms with E-state index in [0.29, 0.717) is 27.3 Å². The van der Waals surface area contributed by atoms with Gasteiger partial charge in [-0.25, -0.2) is 18.4 Å². The molecule has 0 atom stereocenters. The van der Waals surface area contributed by atoms with Crippen LogP contribution in [0.1, 0.15) is 40.8 Å². The quantitative estimate of drug-likeness (QED) is 0.160. The lowest BCUT2D eigenvalue weighted by atomic mass is 10.0. The fourth-order valence-electron chi connectivity index (χ4n) is 3.07. The third-order valence-corrected chi connectivity index (χ3v) is 6.65. The van der Waals surface area contributed by atoms with Gasteiger partial charge in [-0.05, 0) is 59.5 Å². The zero-order valence-electron chi connectivity index (χ0n) is 18.7. The number of Topliss-reactive ketones (excluding diaryl/α,β-unsaturated/α-hetero) is 1. The number of allylic oxidation sites excluding steroid dienone is 2. The Morgan fingerprint density at radius 1 is 1.19 bits per heavy atom. The summed E-state index contributed by atoms with van der Waals surface area (Å²) in [6.07, 6.45) is 5.11. The number of unbranched alkanes of at least 4 members (excludes halogenated alkanes) is 1. The molecule has 0 bridgehead atoms. The maximum Gasteiger partial charge on any atom is 0.351 e. The number of aliphatic carboxylic acids is 1. The minimum Gasteiger partial charge on any atom is -0.507 e. The molecular weight excluding hydrogens is 562 g/mol. The van der Waals surface area contributed by atoms with E-state index in [0.717, 1.165) is 29.5 Å². The van der Waals surface area contributed by atoms with Crippen LogP contribution in [0.15, 0.2) is 61.7 Å². The molecule has 2 N–H and O–H groups in total. The van der Waals surface area contributed by atoms with Crippen LogP contribution in [0.4, 0.5) is 8.78 Å². The van der Waals surface area contributed by atoms with Crippen LogP contribution < -0.4 is 10.4 Å². The van der Waals surface area contributed by atoms with Crippen molar-refractivity contribution in [1.29, 1.82) is 0 Å². The van der Waals surface area contributed by atoms with Gasteiger partial charge in [0.25, 0.3) is 0 Å². The summed E-state index contributed by atoms with van der Waals surface area (Å²) in [4.78, 5) is 36.3. The molecule has 0 radical (unpaired) electrons. The third-order valence-electron chi connectivity index (χ3n) is 4.77. The predicted octanol–water partition coefficient (Wildman–Crippen LogP) is 6.49. The maximum absolute atomic E-state index is 13.4. The molecule has 188 valence electrons. The summed E-state index contributed by atoms with van der Waals surface area (Å²) >= 11 is 4.46. The van der Waals surface area contributed by atoms with Gasteiger partial charge >= 0.3 is 11.6 Å². The van der Waals surface area contributed by atoms with Gasteiger partial charge in [-0.2, -0.15) is 0 Å². The Balaban J connectivity index is 1.74. The molecule has 2 aromatic heterocycles. The molecule has 11 heteroatoms. The molecule has 0 spiro atoms. The van der Waals surface area contributed by atoms with E-state index < -0.39 is 40.3 Å². The molecule has 2 heterocycles. The molecular formula is C25H19BrF2O7S. The van der Waals surface area contributed by atoms with Gasteiger partial charge in [0.05, 0.1) is 0 Å². The number of benzene rings is 1. The molecule has 0 saturated heterocycles. The second-order valence-electron chi connectivity index (χ2n) is 7.51. The van der Waals surface area contributed by atoms with Crippen molar-refractivity contribution in [2.45, 2.75) is 26.2 Å². The van der Waals surface area contributed by atoms with Crippen LogP contribution in [0.3, 0.4) is 0 Å². The summed E-state index contributed by atoms with van der Waals surface area (Å²) in [6, 6.07) is 5.90. The van der Waals surface area contributed by atoms with Crippen molar-refractivity contribution >= 4 is 45.1 Å². The predicted molar refractivity (Wildman–Crippen MR) is 133 cm³/mol. The Bertz CT molecular complexity index is 1420. The van der Waals surface area contributed by atoms with Crippen molar-refractivity contribution in [3.63, 3.8) is 0 Å². The number of hydrogen-bond acceptors (Lipinski definition) is 7. The molecule has 0 unspecified atom stereocenters. The van der Waals surface area contributed by atoms with Gasteiger partial charge in [-0.1, -0.05) is 17.4 Å². The van der Waals surface area contributed by atoms with Crippen LogP contribution in [0.25, 0.3) is 6.08 Å². The SMILES string of the molecule is C/C(=C\c1sc(Oc2ccc(F)c(F)c2)cc1Br)C(=O)c1c(O)cc(CCC/C=C/C(=O)O)oc1=O. The van der Waals surface area contributed by atoms with Crippen LogP contribution in [-0.4, -0.2) is 22.0 Å². The Kier molecular flexibility index (Phi) is 8.94. The van der Waals surface area contributed by atoms with Crippen molar-refractivity contribution in [3.8, 4) is 16.6 Å². The number of thiophene rings is 1. The van der Waals surface area contributed by atoms with Gasteiger partial charge in [0.2, 0.25) is 0 Å². The molecule has 0 fully saturated rings. The van der Waals surface area contributed by atoms with Crippen LogP contribution in [0.5, 0.6) is 16.6 Å². The Morgan fingerprint density at radius 3 is 2.61 bits per heavy atom. The highest BCUT2D eigenvalue weighted by Gasteiger charge is 2.21. The van der Waals surface area contributed by atoms with Gasteiger partial charge in [0.15, 0.2) is 22.5 Å². The third kappa shape index (κ3) is 6.98. The van der Waals surface area contributed by atoms with Crippen molar-refractivity contribution in [3.05, 3.63) is 90.8 Å². The number of ether oxygens (including phenoxy) is 1. The second-order valence-corrected chi connectivity index (χ2v) is 9.41. The summed E-state index contributed by atoms with van der Waals surface area (Å²) < 4.78 is 37.8. The monoisotopic (exact) mass is 580 g/mol. The lowest BCUT2D eigenvalue weighted by Crippen LogP contribution is -2.16. The van der Waals surface area contributed by atoms with E-state index in [4.69, 9.17) is 14.3 Å². The highest BCUT2D eigenvalue weighted by atomic mass is 79.9. The normalized spacial score (nSPS) is 11.7. The topological polar surface area (TPSA) is 114 Å². The number of rotatable bonds is 10. The summed E-state index contributed by atoms with van der Waals surface area (Å²) in [5.41, 5.74) is -1.37. The van der Waals surface area contributed by atoms with E-state index in [1.807, 2.05) is 0 Å². The van der Waals surface area contributed by atoms with E-state index in [1.165, 1.54) is 31.2 Å². The van der Waals surface area contributed by atoms with Gasteiger partial charge < -0.3 is 19.4 Å². The number of carbonyl (C=O) groups excluding carboxylic acids is 1. The number of carboxylic acids is 1. The minimum absolute atomic E-state index is 0.0894. The van der Waals surface area contributed by atoms with Crippen LogP contribution in [-0.2, 0) is 11.2 Å². The molecule has 1 aromatic carbocycles. The number of carboxylic acid groups (broad SMARTS) is 1. The largest absolute Gasteiger partial charge is 0.507 e. The number of aryl methyl sites for hydroxylation is 1. The number of carbonyl (C=O) groups is 2. The number of ketones is 1. The molecule has 36 heavy (non-hydrogen) atoms. The van der Waals surface area contributed by atoms with E-state index in [1.54, 1.807) is 6.07 Å². The van der Waals surface area contributed by atoms with Gasteiger partial charge in [0, 0.05) is 40.0 Å². The lowest BCUT2D eigenvalue weighted by molar-refractivity contribution is -0.131. The number of hydrogen-bond donors (Lipinski definition) is 2. The van der Waals surface area contributed by atoms with E-state index in [-0.39, 0.29) is 23.5 Å². The molecule has 0 aliphatic carbocycles. The molecule has 3 aromatic rings. The van der Waals surface area contributed by atoms with E-state index >= 15 is 0 Å². The van der Waals surface area contributed by atoms with E-state index in [2.05, 4.69) is 15.9 Å². The fourth-order valence-corrected chi connectivity index (χ4v) is 4.71. The molecule has 0 saturated carbocycles. The first-order valence-electron chi connectivity index (χ1n) is 10.5. The number of halogens is 3. The first kappa shape index (κ1) is 27.0. The Morgan fingerprint density at radius 2 is 1.94 bits per heavy atom. The first-order valence-corrected chi connectivity index (χ1v) is 12.1. The first-order chi connectivity index (χ1) is 17.0. The summed E-state index contributed by atoms with van der Waals surface area (Å²) in [5, 5.41) is 19.2. The van der Waals surface area contributed by atoms with Gasteiger partial charge in [-0.15, -0.1) is 0 Å². The highest BCUT2D eigenvalue weighted by molar-refractivity contribution is 9.10. The number of aromatic hydroxyl groups is 1. The van der Waals surface area contributed by atoms with Crippen molar-refractivity contribution in [2.24, 2.45) is 0 Å². The maximum atomic E-state index is 13.4. The summed E-state index contributed by atoms with van der Waals surface area (Å²) in [7, 11) is 0. The van der Waals surface area contributed by atoms with E-state index in [9.17, 15) is 28.3 Å². The fraction of sp³-hybridized carbons (Fsp3) is 0.160. The average molecular weight is 581 g/mol. The van der Waals surface area contributed by atoms with Crippen LogP contribution in [0, 0.1) is 11.6 Å². The van der Waals surface area contributed by atoms with Gasteiger partial charge in [-0.3, -0.25) is 4.79 Å².